The predicted octanol–water partition coefficient (Wildman–Crippen LogP) is 4.52. The zero-order valence-corrected chi connectivity index (χ0v) is 13.2. The summed E-state index contributed by atoms with van der Waals surface area (Å²) in [5, 5.41) is 5.59. The van der Waals surface area contributed by atoms with Crippen LogP contribution in [0.5, 0.6) is 0 Å². The van der Waals surface area contributed by atoms with Gasteiger partial charge in [-0.25, -0.2) is 0 Å². The number of halogens is 1. The first-order valence-corrected chi connectivity index (χ1v) is 8.21. The summed E-state index contributed by atoms with van der Waals surface area (Å²) in [7, 11) is 0. The molecule has 0 radical (unpaired) electrons. The Balaban J connectivity index is 1.91. The highest BCUT2D eigenvalue weighted by atomic mass is 35.5. The highest BCUT2D eigenvalue weighted by molar-refractivity contribution is 7.14. The highest BCUT2D eigenvalue weighted by Gasteiger charge is 2.15. The van der Waals surface area contributed by atoms with Crippen LogP contribution in [0.4, 0.5) is 0 Å². The van der Waals surface area contributed by atoms with E-state index in [1.165, 1.54) is 16.9 Å². The molecule has 2 heterocycles. The molecular weight excluding hydrogens is 292 g/mol. The number of rotatable bonds is 8. The number of nitrogens with one attached hydrogen (secondary N) is 1. The second kappa shape index (κ2) is 7.84. The first-order valence-electron chi connectivity index (χ1n) is 6.95. The van der Waals surface area contributed by atoms with Crippen molar-refractivity contribution in [1.82, 2.24) is 5.32 Å². The number of thiophene rings is 1. The van der Waals surface area contributed by atoms with Crippen molar-refractivity contribution in [3.05, 3.63) is 45.5 Å². The number of nitrogens with two attached hydrogens (primary N) is 1. The fourth-order valence-electron chi connectivity index (χ4n) is 2.21. The summed E-state index contributed by atoms with van der Waals surface area (Å²) in [6.45, 7) is 3.16. The van der Waals surface area contributed by atoms with Gasteiger partial charge >= 0.3 is 0 Å². The van der Waals surface area contributed by atoms with Gasteiger partial charge in [0, 0.05) is 17.6 Å². The van der Waals surface area contributed by atoms with E-state index < -0.39 is 0 Å². The molecular formula is C15H21ClN2OS. The molecule has 0 bridgehead atoms. The van der Waals surface area contributed by atoms with Crippen LogP contribution in [-0.2, 0) is 0 Å². The van der Waals surface area contributed by atoms with E-state index in [2.05, 4.69) is 12.2 Å². The molecule has 3 N–H and O–H groups in total. The minimum absolute atomic E-state index is 0.0385. The molecule has 3 nitrogen and oxygen atoms in total. The molecule has 5 heteroatoms. The first kappa shape index (κ1) is 15.6. The quantitative estimate of drug-likeness (QED) is 0.753. The van der Waals surface area contributed by atoms with Crippen LogP contribution in [0.3, 0.4) is 0 Å². The molecule has 0 aliphatic rings. The van der Waals surface area contributed by atoms with Crippen molar-refractivity contribution in [3.8, 4) is 0 Å². The number of furan rings is 1. The van der Waals surface area contributed by atoms with E-state index in [1.807, 2.05) is 17.5 Å². The van der Waals surface area contributed by atoms with E-state index in [0.29, 0.717) is 6.04 Å². The summed E-state index contributed by atoms with van der Waals surface area (Å²) in [4.78, 5) is 0. The number of hydrogen-bond donors (Lipinski definition) is 2. The summed E-state index contributed by atoms with van der Waals surface area (Å²) < 4.78 is 5.98. The second-order valence-corrected chi connectivity index (χ2v) is 6.47. The van der Waals surface area contributed by atoms with E-state index in [0.717, 1.165) is 35.7 Å². The molecule has 0 aromatic carbocycles. The Labute approximate surface area is 129 Å². The zero-order valence-electron chi connectivity index (χ0n) is 11.6. The molecule has 2 unspecified atom stereocenters. The van der Waals surface area contributed by atoms with E-state index in [1.54, 1.807) is 12.5 Å². The van der Waals surface area contributed by atoms with Gasteiger partial charge in [0.05, 0.1) is 16.9 Å². The highest BCUT2D eigenvalue weighted by Crippen LogP contribution is 2.28. The lowest BCUT2D eigenvalue weighted by Gasteiger charge is -2.19. The van der Waals surface area contributed by atoms with E-state index in [4.69, 9.17) is 21.8 Å². The SMILES string of the molecule is CCCNC(CCC(N)c1csc(Cl)c1)c1ccoc1. The van der Waals surface area contributed by atoms with Crippen LogP contribution < -0.4 is 11.1 Å². The Morgan fingerprint density at radius 3 is 2.85 bits per heavy atom. The molecule has 2 rings (SSSR count). The molecule has 0 spiro atoms. The molecule has 0 saturated heterocycles. The summed E-state index contributed by atoms with van der Waals surface area (Å²) in [6, 6.07) is 4.31. The molecule has 20 heavy (non-hydrogen) atoms. The minimum Gasteiger partial charge on any atom is -0.472 e. The van der Waals surface area contributed by atoms with Crippen LogP contribution in [0.25, 0.3) is 0 Å². The fourth-order valence-corrected chi connectivity index (χ4v) is 3.16. The molecule has 0 aliphatic heterocycles. The molecule has 2 aromatic rings. The smallest absolute Gasteiger partial charge is 0.0950 e. The average Bonchev–Trinajstić information content (AvgIpc) is 3.10. The summed E-state index contributed by atoms with van der Waals surface area (Å²) >= 11 is 7.49. The summed E-state index contributed by atoms with van der Waals surface area (Å²) in [6.07, 6.45) is 6.53. The van der Waals surface area contributed by atoms with Gasteiger partial charge in [-0.15, -0.1) is 11.3 Å². The van der Waals surface area contributed by atoms with Crippen molar-refractivity contribution < 1.29 is 4.42 Å². The molecule has 2 aromatic heterocycles. The van der Waals surface area contributed by atoms with Crippen molar-refractivity contribution >= 4 is 22.9 Å². The van der Waals surface area contributed by atoms with E-state index in [-0.39, 0.29) is 6.04 Å². The Morgan fingerprint density at radius 1 is 1.40 bits per heavy atom. The second-order valence-electron chi connectivity index (χ2n) is 4.93. The Bertz CT molecular complexity index is 498. The molecule has 0 amide bonds. The van der Waals surface area contributed by atoms with Crippen molar-refractivity contribution in [3.63, 3.8) is 0 Å². The lowest BCUT2D eigenvalue weighted by molar-refractivity contribution is 0.454. The van der Waals surface area contributed by atoms with Crippen LogP contribution in [0.1, 0.15) is 49.4 Å². The van der Waals surface area contributed by atoms with Gasteiger partial charge < -0.3 is 15.5 Å². The van der Waals surface area contributed by atoms with Crippen LogP contribution >= 0.6 is 22.9 Å². The zero-order chi connectivity index (χ0) is 14.4. The molecule has 0 saturated carbocycles. The van der Waals surface area contributed by atoms with Crippen molar-refractivity contribution in [1.29, 1.82) is 0 Å². The standard InChI is InChI=1S/C15H21ClN2OS/c1-2-6-18-14(11-5-7-19-9-11)4-3-13(17)12-8-15(16)20-10-12/h5,7-10,13-14,18H,2-4,6,17H2,1H3. The van der Waals surface area contributed by atoms with E-state index >= 15 is 0 Å². The maximum Gasteiger partial charge on any atom is 0.0950 e. The van der Waals surface area contributed by atoms with Gasteiger partial charge in [0.25, 0.3) is 0 Å². The van der Waals surface area contributed by atoms with Crippen molar-refractivity contribution in [2.45, 2.75) is 38.3 Å². The van der Waals surface area contributed by atoms with Gasteiger partial charge in [0.2, 0.25) is 0 Å². The van der Waals surface area contributed by atoms with E-state index in [9.17, 15) is 0 Å². The van der Waals surface area contributed by atoms with Crippen LogP contribution in [0.15, 0.2) is 34.5 Å². The van der Waals surface area contributed by atoms with Gasteiger partial charge in [-0.05, 0) is 48.9 Å². The Kier molecular flexibility index (Phi) is 6.10. The largest absolute Gasteiger partial charge is 0.472 e. The lowest BCUT2D eigenvalue weighted by atomic mass is 9.99. The fraction of sp³-hybridized carbons (Fsp3) is 0.467. The summed E-state index contributed by atoms with van der Waals surface area (Å²) in [5.41, 5.74) is 8.55. The normalized spacial score (nSPS) is 14.3. The third-order valence-corrected chi connectivity index (χ3v) is 4.48. The monoisotopic (exact) mass is 312 g/mol. The number of hydrogen-bond acceptors (Lipinski definition) is 4. The predicted molar refractivity (Wildman–Crippen MR) is 85.2 cm³/mol. The maximum atomic E-state index is 6.24. The van der Waals surface area contributed by atoms with Crippen molar-refractivity contribution in [2.24, 2.45) is 5.73 Å². The molecule has 110 valence electrons. The van der Waals surface area contributed by atoms with Gasteiger partial charge in [-0.1, -0.05) is 18.5 Å². The topological polar surface area (TPSA) is 51.2 Å². The minimum atomic E-state index is 0.0385. The van der Waals surface area contributed by atoms with Crippen LogP contribution in [0, 0.1) is 0 Å². The van der Waals surface area contributed by atoms with Gasteiger partial charge in [-0.3, -0.25) is 0 Å². The summed E-state index contributed by atoms with van der Waals surface area (Å²) in [5.74, 6) is 0. The van der Waals surface area contributed by atoms with Crippen molar-refractivity contribution in [2.75, 3.05) is 6.54 Å². The average molecular weight is 313 g/mol. The Hall–Kier alpha value is -0.810. The third kappa shape index (κ3) is 4.35. The van der Waals surface area contributed by atoms with Crippen LogP contribution in [0.2, 0.25) is 4.34 Å². The van der Waals surface area contributed by atoms with Crippen LogP contribution in [-0.4, -0.2) is 6.54 Å². The first-order chi connectivity index (χ1) is 9.70. The molecule has 0 aliphatic carbocycles. The lowest BCUT2D eigenvalue weighted by Crippen LogP contribution is -2.23. The van der Waals surface area contributed by atoms with Gasteiger partial charge in [0.1, 0.15) is 0 Å². The third-order valence-electron chi connectivity index (χ3n) is 3.37. The molecule has 0 fully saturated rings. The maximum absolute atomic E-state index is 6.24. The Morgan fingerprint density at radius 2 is 2.25 bits per heavy atom. The molecule has 2 atom stereocenters. The van der Waals surface area contributed by atoms with Gasteiger partial charge in [-0.2, -0.15) is 0 Å². The van der Waals surface area contributed by atoms with Gasteiger partial charge in [0.15, 0.2) is 0 Å².